The van der Waals surface area contributed by atoms with E-state index in [9.17, 15) is 4.79 Å². The van der Waals surface area contributed by atoms with Gasteiger partial charge in [-0.05, 0) is 46.5 Å². The van der Waals surface area contributed by atoms with Crippen molar-refractivity contribution >= 4 is 6.03 Å². The summed E-state index contributed by atoms with van der Waals surface area (Å²) in [5, 5.41) is 7.16. The van der Waals surface area contributed by atoms with Gasteiger partial charge in [0.05, 0.1) is 24.3 Å². The maximum atomic E-state index is 12.9. The van der Waals surface area contributed by atoms with Crippen molar-refractivity contribution < 1.29 is 14.1 Å². The number of amides is 2. The van der Waals surface area contributed by atoms with E-state index in [1.165, 1.54) is 0 Å². The Labute approximate surface area is 149 Å². The molecule has 0 aromatic carbocycles. The molecule has 7 heteroatoms. The van der Waals surface area contributed by atoms with Crippen LogP contribution < -0.4 is 5.32 Å². The van der Waals surface area contributed by atoms with E-state index in [0.717, 1.165) is 18.7 Å². The highest BCUT2D eigenvalue weighted by molar-refractivity contribution is 5.75. The van der Waals surface area contributed by atoms with Gasteiger partial charge < -0.3 is 19.5 Å². The summed E-state index contributed by atoms with van der Waals surface area (Å²) in [6, 6.07) is -0.407. The van der Waals surface area contributed by atoms with Crippen molar-refractivity contribution in [1.82, 2.24) is 20.4 Å². The zero-order valence-electron chi connectivity index (χ0n) is 16.1. The lowest BCUT2D eigenvalue weighted by molar-refractivity contribution is -0.170. The molecule has 1 aliphatic carbocycles. The number of nitrogens with zero attached hydrogens (tertiary/aromatic N) is 3. The van der Waals surface area contributed by atoms with E-state index in [4.69, 9.17) is 9.26 Å². The van der Waals surface area contributed by atoms with Crippen LogP contribution in [-0.2, 0) is 4.74 Å². The Morgan fingerprint density at radius 2 is 1.80 bits per heavy atom. The van der Waals surface area contributed by atoms with E-state index < -0.39 is 0 Å². The molecule has 0 bridgehead atoms. The van der Waals surface area contributed by atoms with Gasteiger partial charge in [0.1, 0.15) is 6.04 Å². The van der Waals surface area contributed by atoms with Crippen LogP contribution in [0.4, 0.5) is 4.79 Å². The molecule has 1 aromatic heterocycles. The summed E-state index contributed by atoms with van der Waals surface area (Å²) in [4.78, 5) is 19.2. The first-order valence-electron chi connectivity index (χ1n) is 9.15. The molecular weight excluding hydrogens is 320 g/mol. The van der Waals surface area contributed by atoms with Gasteiger partial charge in [-0.3, -0.25) is 0 Å². The molecule has 2 fully saturated rings. The van der Waals surface area contributed by atoms with Crippen molar-refractivity contribution in [3.05, 3.63) is 11.7 Å². The predicted octanol–water partition coefficient (Wildman–Crippen LogP) is 3.24. The van der Waals surface area contributed by atoms with Crippen molar-refractivity contribution in [1.29, 1.82) is 0 Å². The lowest BCUT2D eigenvalue weighted by atomic mass is 9.99. The van der Waals surface area contributed by atoms with Crippen molar-refractivity contribution in [2.75, 3.05) is 13.1 Å². The summed E-state index contributed by atoms with van der Waals surface area (Å²) in [7, 11) is 0. The van der Waals surface area contributed by atoms with Crippen LogP contribution in [0, 0.1) is 5.92 Å². The number of morpholine rings is 1. The first-order chi connectivity index (χ1) is 11.6. The number of rotatable bonds is 4. The number of urea groups is 1. The smallest absolute Gasteiger partial charge is 0.318 e. The number of ether oxygens (including phenoxy) is 1. The fourth-order valence-electron chi connectivity index (χ4n) is 3.55. The second-order valence-corrected chi connectivity index (χ2v) is 8.91. The molecule has 1 N–H and O–H groups in total. The lowest BCUT2D eigenvalue weighted by Gasteiger charge is -2.47. The molecule has 7 nitrogen and oxygen atoms in total. The zero-order chi connectivity index (χ0) is 18.4. The molecule has 1 saturated carbocycles. The van der Waals surface area contributed by atoms with Crippen LogP contribution in [0.15, 0.2) is 4.52 Å². The van der Waals surface area contributed by atoms with Gasteiger partial charge in [0.2, 0.25) is 5.89 Å². The van der Waals surface area contributed by atoms with E-state index in [-0.39, 0.29) is 29.2 Å². The third-order valence-electron chi connectivity index (χ3n) is 4.59. The van der Waals surface area contributed by atoms with Gasteiger partial charge in [0, 0.05) is 5.92 Å². The molecule has 1 atom stereocenters. The second-order valence-electron chi connectivity index (χ2n) is 8.91. The van der Waals surface area contributed by atoms with Crippen molar-refractivity contribution in [2.45, 2.75) is 77.5 Å². The highest BCUT2D eigenvalue weighted by atomic mass is 16.5. The van der Waals surface area contributed by atoms with Gasteiger partial charge >= 0.3 is 6.03 Å². The maximum Gasteiger partial charge on any atom is 0.318 e. The van der Waals surface area contributed by atoms with Gasteiger partial charge in [-0.1, -0.05) is 19.0 Å². The monoisotopic (exact) mass is 350 g/mol. The van der Waals surface area contributed by atoms with Crippen LogP contribution >= 0.6 is 0 Å². The number of nitrogens with one attached hydrogen (secondary N) is 1. The number of carbonyl (C=O) groups excluding carboxylic acids is 1. The summed E-state index contributed by atoms with van der Waals surface area (Å²) < 4.78 is 11.5. The Balaban J connectivity index is 1.71. The standard InChI is InChI=1S/C18H30N4O3/c1-11(2)13(15-20-14(21-24-15)12-7-8-12)19-16(23)22-9-17(3,4)25-18(5,6)10-22/h11-13H,7-10H2,1-6H3,(H,19,23). The minimum atomic E-state index is -0.379. The van der Waals surface area contributed by atoms with Crippen molar-refractivity contribution in [3.8, 4) is 0 Å². The van der Waals surface area contributed by atoms with Crippen LogP contribution in [0.25, 0.3) is 0 Å². The lowest BCUT2D eigenvalue weighted by Crippen LogP contribution is -2.60. The molecule has 1 aromatic rings. The summed E-state index contributed by atoms with van der Waals surface area (Å²) in [6.45, 7) is 13.2. The van der Waals surface area contributed by atoms with E-state index in [1.807, 2.05) is 46.4 Å². The topological polar surface area (TPSA) is 80.5 Å². The Morgan fingerprint density at radius 1 is 1.20 bits per heavy atom. The van der Waals surface area contributed by atoms with Crippen molar-refractivity contribution in [2.24, 2.45) is 5.92 Å². The van der Waals surface area contributed by atoms with Gasteiger partial charge in [0.25, 0.3) is 0 Å². The summed E-state index contributed by atoms with van der Waals surface area (Å²) in [6.07, 6.45) is 2.24. The third kappa shape index (κ3) is 4.32. The maximum absolute atomic E-state index is 12.9. The Morgan fingerprint density at radius 3 is 2.32 bits per heavy atom. The fraction of sp³-hybridized carbons (Fsp3) is 0.833. The Kier molecular flexibility index (Phi) is 4.56. The molecule has 0 spiro atoms. The first-order valence-corrected chi connectivity index (χ1v) is 9.15. The molecule has 140 valence electrons. The highest BCUT2D eigenvalue weighted by Crippen LogP contribution is 2.38. The first kappa shape index (κ1) is 18.2. The van der Waals surface area contributed by atoms with Crippen LogP contribution in [-0.4, -0.2) is 45.4 Å². The second kappa shape index (κ2) is 6.27. The van der Waals surface area contributed by atoms with Gasteiger partial charge in [-0.15, -0.1) is 0 Å². The molecule has 0 radical (unpaired) electrons. The van der Waals surface area contributed by atoms with E-state index in [2.05, 4.69) is 15.5 Å². The average Bonchev–Trinajstić information content (AvgIpc) is 3.19. The molecule has 1 saturated heterocycles. The van der Waals surface area contributed by atoms with Crippen LogP contribution in [0.3, 0.4) is 0 Å². The molecule has 25 heavy (non-hydrogen) atoms. The van der Waals surface area contributed by atoms with Crippen molar-refractivity contribution in [3.63, 3.8) is 0 Å². The normalized spacial score (nSPS) is 23.6. The SMILES string of the molecule is CC(C)C(NC(=O)N1CC(C)(C)OC(C)(C)C1)c1nc(C2CC2)no1. The molecule has 1 aliphatic heterocycles. The average molecular weight is 350 g/mol. The van der Waals surface area contributed by atoms with Gasteiger partial charge in [-0.25, -0.2) is 4.79 Å². The zero-order valence-corrected chi connectivity index (χ0v) is 16.1. The number of hydrogen-bond acceptors (Lipinski definition) is 5. The summed E-state index contributed by atoms with van der Waals surface area (Å²) in [5.74, 6) is 1.85. The number of hydrogen-bond donors (Lipinski definition) is 1. The van der Waals surface area contributed by atoms with Crippen LogP contribution in [0.2, 0.25) is 0 Å². The number of carbonyl (C=O) groups is 1. The minimum absolute atomic E-state index is 0.116. The highest BCUT2D eigenvalue weighted by Gasteiger charge is 2.41. The Hall–Kier alpha value is -1.63. The molecular formula is C18H30N4O3. The predicted molar refractivity (Wildman–Crippen MR) is 93.2 cm³/mol. The Bertz CT molecular complexity index is 618. The quantitative estimate of drug-likeness (QED) is 0.901. The van der Waals surface area contributed by atoms with Gasteiger partial charge in [-0.2, -0.15) is 4.98 Å². The van der Waals surface area contributed by atoms with E-state index in [0.29, 0.717) is 24.9 Å². The van der Waals surface area contributed by atoms with Gasteiger partial charge in [0.15, 0.2) is 5.82 Å². The molecule has 2 heterocycles. The van der Waals surface area contributed by atoms with Crippen LogP contribution in [0.1, 0.15) is 78.1 Å². The molecule has 3 rings (SSSR count). The van der Waals surface area contributed by atoms with Crippen LogP contribution in [0.5, 0.6) is 0 Å². The summed E-state index contributed by atoms with van der Waals surface area (Å²) in [5.41, 5.74) is -0.758. The summed E-state index contributed by atoms with van der Waals surface area (Å²) >= 11 is 0. The molecule has 1 unspecified atom stereocenters. The third-order valence-corrected chi connectivity index (χ3v) is 4.59. The number of aromatic nitrogens is 2. The molecule has 2 amide bonds. The fourth-order valence-corrected chi connectivity index (χ4v) is 3.55. The molecule has 2 aliphatic rings. The largest absolute Gasteiger partial charge is 0.366 e. The van der Waals surface area contributed by atoms with E-state index in [1.54, 1.807) is 0 Å². The van der Waals surface area contributed by atoms with E-state index >= 15 is 0 Å². The minimum Gasteiger partial charge on any atom is -0.366 e.